The van der Waals surface area contributed by atoms with Crippen LogP contribution in [0.3, 0.4) is 0 Å². The van der Waals surface area contributed by atoms with E-state index < -0.39 is 42.2 Å². The largest absolute Gasteiger partial charge is 0.479 e. The van der Waals surface area contributed by atoms with Gasteiger partial charge in [0.1, 0.15) is 30.0 Å². The van der Waals surface area contributed by atoms with Crippen LogP contribution in [0.15, 0.2) is 30.5 Å². The van der Waals surface area contributed by atoms with Gasteiger partial charge in [-0.15, -0.1) is 5.10 Å². The molecule has 5 atom stereocenters. The minimum absolute atomic E-state index is 0.202. The second-order valence-electron chi connectivity index (χ2n) is 7.51. The van der Waals surface area contributed by atoms with Crippen LogP contribution in [0.4, 0.5) is 0 Å². The molecule has 29 heavy (non-hydrogen) atoms. The average Bonchev–Trinajstić information content (AvgIpc) is 3.16. The van der Waals surface area contributed by atoms with Crippen LogP contribution in [-0.4, -0.2) is 70.0 Å². The zero-order valence-electron chi connectivity index (χ0n) is 16.2. The van der Waals surface area contributed by atoms with Crippen LogP contribution in [-0.2, 0) is 23.7 Å². The first-order valence-corrected chi connectivity index (χ1v) is 9.57. The highest BCUT2D eigenvalue weighted by Gasteiger charge is 2.54. The third-order valence-corrected chi connectivity index (χ3v) is 5.40. The zero-order chi connectivity index (χ0) is 20.8. The maximum absolute atomic E-state index is 11.8. The van der Waals surface area contributed by atoms with Crippen LogP contribution in [0.1, 0.15) is 19.9 Å². The van der Waals surface area contributed by atoms with Crippen molar-refractivity contribution in [2.24, 2.45) is 0 Å². The number of benzene rings is 1. The lowest BCUT2D eigenvalue weighted by Crippen LogP contribution is -2.64. The minimum atomic E-state index is -1.19. The Balaban J connectivity index is 1.72. The highest BCUT2D eigenvalue weighted by atomic mass is 35.5. The van der Waals surface area contributed by atoms with Crippen molar-refractivity contribution < 1.29 is 28.8 Å². The Morgan fingerprint density at radius 3 is 2.72 bits per heavy atom. The van der Waals surface area contributed by atoms with E-state index in [1.54, 1.807) is 36.9 Å². The molecular weight excluding hydrogens is 402 g/mol. The fraction of sp³-hybridized carbons (Fsp3) is 0.526. The molecule has 3 heterocycles. The molecule has 156 valence electrons. The number of nitrogens with zero attached hydrogens (tertiary/aromatic N) is 3. The van der Waals surface area contributed by atoms with Gasteiger partial charge in [-0.25, -0.2) is 9.48 Å². The second kappa shape index (κ2) is 7.66. The van der Waals surface area contributed by atoms with Crippen LogP contribution in [0.5, 0.6) is 0 Å². The Bertz CT molecular complexity index is 886. The van der Waals surface area contributed by atoms with E-state index in [-0.39, 0.29) is 6.61 Å². The van der Waals surface area contributed by atoms with E-state index in [2.05, 4.69) is 10.3 Å². The van der Waals surface area contributed by atoms with Crippen molar-refractivity contribution in [3.8, 4) is 11.3 Å². The highest BCUT2D eigenvalue weighted by molar-refractivity contribution is 6.30. The van der Waals surface area contributed by atoms with Crippen LogP contribution in [0, 0.1) is 0 Å². The number of carboxylic acids is 1. The molecule has 1 aromatic carbocycles. The number of carbonyl (C=O) groups is 1. The molecule has 2 aliphatic heterocycles. The molecule has 9 nitrogen and oxygen atoms in total. The lowest BCUT2D eigenvalue weighted by atomic mass is 9.91. The van der Waals surface area contributed by atoms with Gasteiger partial charge in [0.15, 0.2) is 11.9 Å². The summed E-state index contributed by atoms with van der Waals surface area (Å²) >= 11 is 5.96. The second-order valence-corrected chi connectivity index (χ2v) is 7.94. The van der Waals surface area contributed by atoms with E-state index in [0.29, 0.717) is 10.7 Å². The maximum Gasteiger partial charge on any atom is 0.335 e. The molecule has 0 radical (unpaired) electrons. The van der Waals surface area contributed by atoms with Crippen molar-refractivity contribution in [1.29, 1.82) is 0 Å². The predicted molar refractivity (Wildman–Crippen MR) is 102 cm³/mol. The first kappa shape index (κ1) is 20.2. The van der Waals surface area contributed by atoms with E-state index in [1.807, 2.05) is 12.1 Å². The van der Waals surface area contributed by atoms with Crippen LogP contribution >= 0.6 is 11.6 Å². The maximum atomic E-state index is 11.8. The summed E-state index contributed by atoms with van der Waals surface area (Å²) in [5.41, 5.74) is 1.46. The lowest BCUT2D eigenvalue weighted by molar-refractivity contribution is -0.347. The Morgan fingerprint density at radius 1 is 1.34 bits per heavy atom. The number of halogens is 1. The third-order valence-electron chi connectivity index (χ3n) is 5.15. The van der Waals surface area contributed by atoms with Gasteiger partial charge in [-0.05, 0) is 26.0 Å². The SMILES string of the molecule is CO[C@@H]1[C@@H](n2cc(-c3ccc(Cl)cc3)nn2)[C@H]2OC(C)(C)OC[C@H]2O[C@H]1C(=O)O. The molecule has 4 rings (SSSR count). The van der Waals surface area contributed by atoms with Gasteiger partial charge in [0.05, 0.1) is 12.8 Å². The average molecular weight is 424 g/mol. The molecule has 0 unspecified atom stereocenters. The summed E-state index contributed by atoms with van der Waals surface area (Å²) in [6, 6.07) is 6.64. The number of aromatic nitrogens is 3. The topological polar surface area (TPSA) is 105 Å². The first-order chi connectivity index (χ1) is 13.8. The van der Waals surface area contributed by atoms with Gasteiger partial charge in [0.25, 0.3) is 0 Å². The number of hydrogen-bond donors (Lipinski definition) is 1. The molecule has 0 bridgehead atoms. The summed E-state index contributed by atoms with van der Waals surface area (Å²) in [5.74, 6) is -1.97. The molecule has 2 saturated heterocycles. The van der Waals surface area contributed by atoms with E-state index in [9.17, 15) is 9.90 Å². The number of ether oxygens (including phenoxy) is 4. The van der Waals surface area contributed by atoms with Gasteiger partial charge >= 0.3 is 5.97 Å². The van der Waals surface area contributed by atoms with E-state index >= 15 is 0 Å². The molecule has 1 aromatic heterocycles. The number of fused-ring (bicyclic) bond motifs is 1. The standard InChI is InChI=1S/C19H22ClN3O6/c1-19(2)27-9-13-15(29-19)14(16(26-3)17(28-13)18(24)25)23-8-12(21-22-23)10-4-6-11(20)7-5-10/h4-8,13-17H,9H2,1-3H3,(H,24,25)/t13-,14+,15+,16-,17-/m1/s1. The number of rotatable bonds is 4. The number of hydrogen-bond acceptors (Lipinski definition) is 7. The van der Waals surface area contributed by atoms with Gasteiger partial charge in [0.2, 0.25) is 0 Å². The summed E-state index contributed by atoms with van der Waals surface area (Å²) in [6.45, 7) is 3.80. The smallest absolute Gasteiger partial charge is 0.335 e. The molecule has 2 aromatic rings. The van der Waals surface area contributed by atoms with Gasteiger partial charge in [-0.3, -0.25) is 0 Å². The van der Waals surface area contributed by atoms with Crippen LogP contribution < -0.4 is 0 Å². The number of methoxy groups -OCH3 is 1. The van der Waals surface area contributed by atoms with Gasteiger partial charge < -0.3 is 24.1 Å². The molecule has 2 fully saturated rings. The molecule has 2 aliphatic rings. The van der Waals surface area contributed by atoms with E-state index in [1.165, 1.54) is 7.11 Å². The van der Waals surface area contributed by atoms with E-state index in [0.717, 1.165) is 5.56 Å². The summed E-state index contributed by atoms with van der Waals surface area (Å²) < 4.78 is 24.7. The number of aliphatic carboxylic acids is 1. The van der Waals surface area contributed by atoms with Crippen molar-refractivity contribution in [3.63, 3.8) is 0 Å². The Hall–Kier alpha value is -2.04. The van der Waals surface area contributed by atoms with Crippen LogP contribution in [0.2, 0.25) is 5.02 Å². The molecular formula is C19H22ClN3O6. The zero-order valence-corrected chi connectivity index (χ0v) is 16.9. The van der Waals surface area contributed by atoms with Crippen LogP contribution in [0.25, 0.3) is 11.3 Å². The Kier molecular flexibility index (Phi) is 5.34. The Labute approximate surface area is 172 Å². The van der Waals surface area contributed by atoms with Crippen molar-refractivity contribution in [2.75, 3.05) is 13.7 Å². The molecule has 1 N–H and O–H groups in total. The fourth-order valence-corrected chi connectivity index (χ4v) is 3.92. The van der Waals surface area contributed by atoms with Crippen molar-refractivity contribution in [3.05, 3.63) is 35.5 Å². The fourth-order valence-electron chi connectivity index (χ4n) is 3.79. The monoisotopic (exact) mass is 423 g/mol. The quantitative estimate of drug-likeness (QED) is 0.797. The van der Waals surface area contributed by atoms with Gasteiger partial charge in [-0.2, -0.15) is 0 Å². The van der Waals surface area contributed by atoms with Crippen molar-refractivity contribution in [2.45, 2.75) is 50.1 Å². The third kappa shape index (κ3) is 3.88. The van der Waals surface area contributed by atoms with Gasteiger partial charge in [-0.1, -0.05) is 28.9 Å². The first-order valence-electron chi connectivity index (χ1n) is 9.19. The van der Waals surface area contributed by atoms with E-state index in [4.69, 9.17) is 30.5 Å². The number of carboxylic acid groups (broad SMARTS) is 1. The lowest BCUT2D eigenvalue weighted by Gasteiger charge is -2.50. The molecule has 0 saturated carbocycles. The normalized spacial score (nSPS) is 31.2. The molecule has 0 aliphatic carbocycles. The predicted octanol–water partition coefficient (Wildman–Crippen LogP) is 2.16. The summed E-state index contributed by atoms with van der Waals surface area (Å²) in [7, 11) is 1.44. The van der Waals surface area contributed by atoms with Crippen molar-refractivity contribution >= 4 is 17.6 Å². The summed E-state index contributed by atoms with van der Waals surface area (Å²) in [6.07, 6.45) is -1.39. The highest BCUT2D eigenvalue weighted by Crippen LogP contribution is 2.39. The summed E-state index contributed by atoms with van der Waals surface area (Å²) in [5, 5.41) is 18.8. The van der Waals surface area contributed by atoms with Gasteiger partial charge in [0, 0.05) is 17.7 Å². The molecule has 0 amide bonds. The minimum Gasteiger partial charge on any atom is -0.479 e. The Morgan fingerprint density at radius 2 is 2.07 bits per heavy atom. The molecule has 0 spiro atoms. The van der Waals surface area contributed by atoms with Crippen molar-refractivity contribution in [1.82, 2.24) is 15.0 Å². The summed E-state index contributed by atoms with van der Waals surface area (Å²) in [4.78, 5) is 11.8. The molecule has 10 heteroatoms.